The summed E-state index contributed by atoms with van der Waals surface area (Å²) in [6, 6.07) is 9.75. The van der Waals surface area contributed by atoms with Gasteiger partial charge in [0.1, 0.15) is 4.21 Å². The highest BCUT2D eigenvalue weighted by Crippen LogP contribution is 2.30. The van der Waals surface area contributed by atoms with Gasteiger partial charge in [-0.3, -0.25) is 0 Å². The Bertz CT molecular complexity index is 767. The minimum atomic E-state index is -3.52. The number of halogens is 1. The molecule has 2 aromatic rings. The second-order valence-electron chi connectivity index (χ2n) is 5.33. The van der Waals surface area contributed by atoms with E-state index in [9.17, 15) is 8.42 Å². The fourth-order valence-corrected chi connectivity index (χ4v) is 5.40. The Kier molecular flexibility index (Phi) is 4.56. The quantitative estimate of drug-likeness (QED) is 0.885. The zero-order valence-electron chi connectivity index (χ0n) is 12.1. The van der Waals surface area contributed by atoms with Gasteiger partial charge in [-0.2, -0.15) is 0 Å². The van der Waals surface area contributed by atoms with Crippen LogP contribution in [0.2, 0.25) is 4.34 Å². The van der Waals surface area contributed by atoms with Crippen molar-refractivity contribution in [1.29, 1.82) is 0 Å². The summed E-state index contributed by atoms with van der Waals surface area (Å²) < 4.78 is 28.2. The average Bonchev–Trinajstić information content (AvgIpc) is 2.85. The molecule has 1 aromatic heterocycles. The number of fused-ring (bicyclic) bond motifs is 1. The first kappa shape index (κ1) is 16.0. The fraction of sp³-hybridized carbons (Fsp3) is 0.333. The van der Waals surface area contributed by atoms with E-state index in [-0.39, 0.29) is 10.3 Å². The Morgan fingerprint density at radius 3 is 2.91 bits per heavy atom. The molecule has 0 fully saturated rings. The lowest BCUT2D eigenvalue weighted by molar-refractivity contribution is 0.492. The van der Waals surface area contributed by atoms with Gasteiger partial charge in [-0.1, -0.05) is 35.9 Å². The molecule has 7 heteroatoms. The molecule has 0 saturated carbocycles. The molecule has 0 bridgehead atoms. The first-order valence-electron chi connectivity index (χ1n) is 7.04. The minimum absolute atomic E-state index is 0.00347. The van der Waals surface area contributed by atoms with E-state index in [1.165, 1.54) is 5.56 Å². The van der Waals surface area contributed by atoms with Crippen LogP contribution in [0.25, 0.3) is 0 Å². The van der Waals surface area contributed by atoms with Crippen molar-refractivity contribution in [3.63, 3.8) is 0 Å². The summed E-state index contributed by atoms with van der Waals surface area (Å²) in [5, 5.41) is 3.37. The van der Waals surface area contributed by atoms with Gasteiger partial charge in [0.25, 0.3) is 0 Å². The third kappa shape index (κ3) is 3.21. The monoisotopic (exact) mass is 356 g/mol. The van der Waals surface area contributed by atoms with Crippen LogP contribution in [-0.2, 0) is 16.4 Å². The molecule has 4 nitrogen and oxygen atoms in total. The molecule has 0 amide bonds. The molecule has 2 heterocycles. The maximum Gasteiger partial charge on any atom is 0.250 e. The van der Waals surface area contributed by atoms with Crippen molar-refractivity contribution in [2.24, 2.45) is 0 Å². The van der Waals surface area contributed by atoms with Gasteiger partial charge >= 0.3 is 0 Å². The highest BCUT2D eigenvalue weighted by atomic mass is 35.5. The van der Waals surface area contributed by atoms with E-state index in [1.54, 1.807) is 13.0 Å². The Balaban J connectivity index is 1.75. The van der Waals surface area contributed by atoms with E-state index in [0.717, 1.165) is 35.4 Å². The van der Waals surface area contributed by atoms with Crippen LogP contribution in [0.3, 0.4) is 0 Å². The smallest absolute Gasteiger partial charge is 0.250 e. The highest BCUT2D eigenvalue weighted by Gasteiger charge is 2.23. The number of thiophene rings is 1. The van der Waals surface area contributed by atoms with E-state index in [2.05, 4.69) is 16.1 Å². The van der Waals surface area contributed by atoms with Gasteiger partial charge in [0.2, 0.25) is 10.0 Å². The lowest BCUT2D eigenvalue weighted by Crippen LogP contribution is -2.38. The number of sulfonamides is 1. The highest BCUT2D eigenvalue weighted by molar-refractivity contribution is 7.91. The number of nitrogens with one attached hydrogen (secondary N) is 2. The Morgan fingerprint density at radius 1 is 1.41 bits per heavy atom. The molecule has 118 valence electrons. The Morgan fingerprint density at radius 2 is 2.18 bits per heavy atom. The SMILES string of the molecule is Cc1cc(S(=O)(=O)NCC2NCCc3ccccc32)sc1Cl. The van der Waals surface area contributed by atoms with Gasteiger partial charge in [-0.25, -0.2) is 13.1 Å². The third-order valence-electron chi connectivity index (χ3n) is 3.79. The van der Waals surface area contributed by atoms with Gasteiger partial charge in [0.05, 0.1) is 4.34 Å². The van der Waals surface area contributed by atoms with Crippen LogP contribution in [0.4, 0.5) is 0 Å². The Labute approximate surface area is 139 Å². The molecule has 1 atom stereocenters. The summed E-state index contributed by atoms with van der Waals surface area (Å²) in [6.07, 6.45) is 0.971. The van der Waals surface area contributed by atoms with Crippen molar-refractivity contribution in [3.8, 4) is 0 Å². The number of benzene rings is 1. The van der Waals surface area contributed by atoms with Gasteiger partial charge in [-0.15, -0.1) is 11.3 Å². The molecule has 0 saturated heterocycles. The molecule has 22 heavy (non-hydrogen) atoms. The van der Waals surface area contributed by atoms with Gasteiger partial charge in [0.15, 0.2) is 0 Å². The Hall–Kier alpha value is -0.920. The maximum atomic E-state index is 12.4. The first-order chi connectivity index (χ1) is 10.5. The van der Waals surface area contributed by atoms with Crippen LogP contribution in [0.5, 0.6) is 0 Å². The van der Waals surface area contributed by atoms with Crippen LogP contribution < -0.4 is 10.0 Å². The summed E-state index contributed by atoms with van der Waals surface area (Å²) in [5.41, 5.74) is 3.23. The molecule has 1 aliphatic rings. The van der Waals surface area contributed by atoms with Gasteiger partial charge < -0.3 is 5.32 Å². The predicted octanol–water partition coefficient (Wildman–Crippen LogP) is 2.88. The van der Waals surface area contributed by atoms with E-state index in [0.29, 0.717) is 10.9 Å². The van der Waals surface area contributed by atoms with Crippen molar-refractivity contribution >= 4 is 33.0 Å². The number of aryl methyl sites for hydroxylation is 1. The number of hydrogen-bond donors (Lipinski definition) is 2. The molecule has 2 N–H and O–H groups in total. The van der Waals surface area contributed by atoms with Crippen molar-refractivity contribution in [3.05, 3.63) is 51.4 Å². The molecular formula is C15H17ClN2O2S2. The van der Waals surface area contributed by atoms with Gasteiger partial charge in [0, 0.05) is 12.6 Å². The van der Waals surface area contributed by atoms with Crippen molar-refractivity contribution < 1.29 is 8.42 Å². The largest absolute Gasteiger partial charge is 0.308 e. The summed E-state index contributed by atoms with van der Waals surface area (Å²) in [5.74, 6) is 0. The summed E-state index contributed by atoms with van der Waals surface area (Å²) >= 11 is 7.05. The van der Waals surface area contributed by atoms with Crippen LogP contribution in [0, 0.1) is 6.92 Å². The number of rotatable bonds is 4. The average molecular weight is 357 g/mol. The van der Waals surface area contributed by atoms with E-state index >= 15 is 0 Å². The van der Waals surface area contributed by atoms with Crippen molar-refractivity contribution in [2.45, 2.75) is 23.6 Å². The molecule has 0 radical (unpaired) electrons. The first-order valence-corrected chi connectivity index (χ1v) is 9.72. The molecule has 0 spiro atoms. The van der Waals surface area contributed by atoms with E-state index in [1.807, 2.05) is 18.2 Å². The zero-order chi connectivity index (χ0) is 15.7. The summed E-state index contributed by atoms with van der Waals surface area (Å²) in [7, 11) is -3.52. The zero-order valence-corrected chi connectivity index (χ0v) is 14.5. The molecule has 0 aliphatic carbocycles. The topological polar surface area (TPSA) is 58.2 Å². The molecule has 1 unspecified atom stereocenters. The summed E-state index contributed by atoms with van der Waals surface area (Å²) in [4.78, 5) is 0. The minimum Gasteiger partial charge on any atom is -0.308 e. The van der Waals surface area contributed by atoms with E-state index in [4.69, 9.17) is 11.6 Å². The van der Waals surface area contributed by atoms with Crippen LogP contribution in [0.1, 0.15) is 22.7 Å². The van der Waals surface area contributed by atoms with Crippen molar-refractivity contribution in [2.75, 3.05) is 13.1 Å². The second-order valence-corrected chi connectivity index (χ2v) is 8.98. The second kappa shape index (κ2) is 6.29. The lowest BCUT2D eigenvalue weighted by Gasteiger charge is -2.27. The standard InChI is InChI=1S/C15H17ClN2O2S2/c1-10-8-14(21-15(10)16)22(19,20)18-9-13-12-5-3-2-4-11(12)6-7-17-13/h2-5,8,13,17-18H,6-7,9H2,1H3. The normalized spacial score (nSPS) is 18.2. The lowest BCUT2D eigenvalue weighted by atomic mass is 9.95. The van der Waals surface area contributed by atoms with Crippen LogP contribution >= 0.6 is 22.9 Å². The van der Waals surface area contributed by atoms with Gasteiger partial charge in [-0.05, 0) is 42.6 Å². The van der Waals surface area contributed by atoms with Crippen molar-refractivity contribution in [1.82, 2.24) is 10.0 Å². The van der Waals surface area contributed by atoms with E-state index < -0.39 is 10.0 Å². The number of hydrogen-bond acceptors (Lipinski definition) is 4. The van der Waals surface area contributed by atoms with Crippen LogP contribution in [-0.4, -0.2) is 21.5 Å². The summed E-state index contributed by atoms with van der Waals surface area (Å²) in [6.45, 7) is 2.98. The molecule has 1 aromatic carbocycles. The third-order valence-corrected chi connectivity index (χ3v) is 7.24. The predicted molar refractivity (Wildman–Crippen MR) is 90.1 cm³/mol. The van der Waals surface area contributed by atoms with Crippen LogP contribution in [0.15, 0.2) is 34.5 Å². The fourth-order valence-electron chi connectivity index (χ4n) is 2.60. The molecule has 3 rings (SSSR count). The molecular weight excluding hydrogens is 340 g/mol. The molecule has 1 aliphatic heterocycles. The maximum absolute atomic E-state index is 12.4.